The Morgan fingerprint density at radius 2 is 1.83 bits per heavy atom. The summed E-state index contributed by atoms with van der Waals surface area (Å²) in [5.74, 6) is 0.413. The van der Waals surface area contributed by atoms with E-state index < -0.39 is 6.09 Å². The number of carbonyl (C=O) groups excluding carboxylic acids is 2. The summed E-state index contributed by atoms with van der Waals surface area (Å²) in [5.41, 5.74) is 1.83. The zero-order valence-electron chi connectivity index (χ0n) is 15.5. The van der Waals surface area contributed by atoms with Gasteiger partial charge < -0.3 is 14.8 Å². The molecule has 2 aromatic carbocycles. The Morgan fingerprint density at radius 3 is 2.52 bits per heavy atom. The topological polar surface area (TPSA) is 89.6 Å². The second-order valence-corrected chi connectivity index (χ2v) is 7.24. The second kappa shape index (κ2) is 9.90. The number of halogens is 1. The van der Waals surface area contributed by atoms with Gasteiger partial charge in [-0.25, -0.2) is 9.78 Å². The van der Waals surface area contributed by atoms with Gasteiger partial charge in [0.2, 0.25) is 0 Å². The van der Waals surface area contributed by atoms with Gasteiger partial charge in [-0.3, -0.25) is 10.1 Å². The summed E-state index contributed by atoms with van der Waals surface area (Å²) in [6.45, 7) is 0.611. The fraction of sp³-hybridized carbons (Fsp3) is 0.150. The molecule has 3 aromatic rings. The number of ether oxygens (including phenoxy) is 2. The molecular weight excluding hydrogens is 414 g/mol. The Labute approximate surface area is 176 Å². The molecule has 1 heterocycles. The van der Waals surface area contributed by atoms with Gasteiger partial charge in [-0.1, -0.05) is 23.7 Å². The first-order valence-electron chi connectivity index (χ1n) is 8.58. The van der Waals surface area contributed by atoms with E-state index in [1.807, 2.05) is 0 Å². The number of aromatic nitrogens is 1. The van der Waals surface area contributed by atoms with Gasteiger partial charge in [-0.2, -0.15) is 0 Å². The highest BCUT2D eigenvalue weighted by Crippen LogP contribution is 2.18. The zero-order valence-corrected chi connectivity index (χ0v) is 17.0. The van der Waals surface area contributed by atoms with E-state index in [0.29, 0.717) is 33.7 Å². The largest absolute Gasteiger partial charge is 0.486 e. The number of benzene rings is 2. The molecule has 0 aliphatic rings. The molecular formula is C20H18ClN3O4S. The average molecular weight is 432 g/mol. The minimum Gasteiger partial charge on any atom is -0.486 e. The van der Waals surface area contributed by atoms with Crippen molar-refractivity contribution in [3.05, 3.63) is 75.2 Å². The quantitative estimate of drug-likeness (QED) is 0.575. The molecule has 3 rings (SSSR count). The lowest BCUT2D eigenvalue weighted by molar-refractivity contribution is 0.0946. The van der Waals surface area contributed by atoms with E-state index >= 15 is 0 Å². The van der Waals surface area contributed by atoms with Crippen LogP contribution in [-0.2, 0) is 17.9 Å². The number of hydrogen-bond acceptors (Lipinski definition) is 6. The lowest BCUT2D eigenvalue weighted by Gasteiger charge is -2.06. The van der Waals surface area contributed by atoms with Crippen LogP contribution in [0.25, 0.3) is 0 Å². The van der Waals surface area contributed by atoms with Crippen LogP contribution in [-0.4, -0.2) is 24.1 Å². The van der Waals surface area contributed by atoms with Gasteiger partial charge in [0.25, 0.3) is 5.91 Å². The van der Waals surface area contributed by atoms with E-state index in [4.69, 9.17) is 16.3 Å². The predicted molar refractivity (Wildman–Crippen MR) is 112 cm³/mol. The van der Waals surface area contributed by atoms with Crippen molar-refractivity contribution in [3.63, 3.8) is 0 Å². The van der Waals surface area contributed by atoms with Crippen molar-refractivity contribution in [2.45, 2.75) is 13.2 Å². The molecule has 0 bridgehead atoms. The SMILES string of the molecule is COC(=O)Nc1ccc(CNC(=O)c2csc(COc3ccc(Cl)cc3)n2)cc1. The Hall–Kier alpha value is -3.10. The number of rotatable bonds is 7. The number of thiazole rings is 1. The molecule has 7 nitrogen and oxygen atoms in total. The molecule has 9 heteroatoms. The van der Waals surface area contributed by atoms with Gasteiger partial charge in [0.05, 0.1) is 7.11 Å². The molecule has 0 aliphatic carbocycles. The summed E-state index contributed by atoms with van der Waals surface area (Å²) in [7, 11) is 1.30. The monoisotopic (exact) mass is 431 g/mol. The Bertz CT molecular complexity index is 974. The fourth-order valence-electron chi connectivity index (χ4n) is 2.31. The van der Waals surface area contributed by atoms with E-state index in [9.17, 15) is 9.59 Å². The van der Waals surface area contributed by atoms with Gasteiger partial charge in [-0.15, -0.1) is 11.3 Å². The van der Waals surface area contributed by atoms with Crippen LogP contribution in [0.15, 0.2) is 53.9 Å². The molecule has 0 saturated heterocycles. The Balaban J connectivity index is 1.48. The molecule has 0 aliphatic heterocycles. The van der Waals surface area contributed by atoms with Crippen molar-refractivity contribution < 1.29 is 19.1 Å². The van der Waals surface area contributed by atoms with Crippen LogP contribution in [0.4, 0.5) is 10.5 Å². The van der Waals surface area contributed by atoms with Crippen molar-refractivity contribution in [1.82, 2.24) is 10.3 Å². The third kappa shape index (κ3) is 6.20. The van der Waals surface area contributed by atoms with E-state index in [1.165, 1.54) is 18.4 Å². The molecule has 0 spiro atoms. The first-order valence-corrected chi connectivity index (χ1v) is 9.84. The van der Waals surface area contributed by atoms with Crippen LogP contribution in [0.3, 0.4) is 0 Å². The molecule has 1 aromatic heterocycles. The number of carbonyl (C=O) groups is 2. The van der Waals surface area contributed by atoms with Crippen LogP contribution in [0, 0.1) is 0 Å². The normalized spacial score (nSPS) is 10.3. The van der Waals surface area contributed by atoms with E-state index in [2.05, 4.69) is 20.4 Å². The van der Waals surface area contributed by atoms with Crippen LogP contribution in [0.1, 0.15) is 21.1 Å². The molecule has 29 heavy (non-hydrogen) atoms. The van der Waals surface area contributed by atoms with Crippen LogP contribution in [0.2, 0.25) is 5.02 Å². The van der Waals surface area contributed by atoms with Crippen molar-refractivity contribution in [1.29, 1.82) is 0 Å². The summed E-state index contributed by atoms with van der Waals surface area (Å²) < 4.78 is 10.2. The molecule has 2 amide bonds. The summed E-state index contributed by atoms with van der Waals surface area (Å²) in [4.78, 5) is 27.8. The smallest absolute Gasteiger partial charge is 0.411 e. The highest BCUT2D eigenvalue weighted by atomic mass is 35.5. The summed E-state index contributed by atoms with van der Waals surface area (Å²) in [6.07, 6.45) is -0.537. The number of nitrogens with zero attached hydrogens (tertiary/aromatic N) is 1. The fourth-order valence-corrected chi connectivity index (χ4v) is 3.12. The maximum atomic E-state index is 12.3. The van der Waals surface area contributed by atoms with E-state index in [-0.39, 0.29) is 12.5 Å². The number of amides is 2. The molecule has 0 atom stereocenters. The van der Waals surface area contributed by atoms with Crippen molar-refractivity contribution in [2.75, 3.05) is 12.4 Å². The molecule has 0 fully saturated rings. The zero-order chi connectivity index (χ0) is 20.6. The van der Waals surface area contributed by atoms with Gasteiger partial charge in [-0.05, 0) is 42.0 Å². The van der Waals surface area contributed by atoms with Crippen molar-refractivity contribution >= 4 is 40.6 Å². The average Bonchev–Trinajstić information content (AvgIpc) is 3.22. The van der Waals surface area contributed by atoms with Gasteiger partial charge in [0.1, 0.15) is 23.1 Å². The Kier molecular flexibility index (Phi) is 7.04. The molecule has 150 valence electrons. The predicted octanol–water partition coefficient (Wildman–Crippen LogP) is 4.48. The summed E-state index contributed by atoms with van der Waals surface area (Å²) >= 11 is 7.20. The third-order valence-corrected chi connectivity index (χ3v) is 4.87. The van der Waals surface area contributed by atoms with Crippen molar-refractivity contribution in [2.24, 2.45) is 0 Å². The minimum atomic E-state index is -0.537. The highest BCUT2D eigenvalue weighted by Gasteiger charge is 2.11. The molecule has 0 saturated carbocycles. The van der Waals surface area contributed by atoms with Gasteiger partial charge in [0.15, 0.2) is 0 Å². The van der Waals surface area contributed by atoms with Crippen LogP contribution < -0.4 is 15.4 Å². The summed E-state index contributed by atoms with van der Waals surface area (Å²) in [5, 5.41) is 8.41. The minimum absolute atomic E-state index is 0.268. The number of hydrogen-bond donors (Lipinski definition) is 2. The lowest BCUT2D eigenvalue weighted by Crippen LogP contribution is -2.23. The van der Waals surface area contributed by atoms with E-state index in [0.717, 1.165) is 5.56 Å². The lowest BCUT2D eigenvalue weighted by atomic mass is 10.2. The van der Waals surface area contributed by atoms with Crippen LogP contribution in [0.5, 0.6) is 5.75 Å². The number of anilines is 1. The molecule has 2 N–H and O–H groups in total. The van der Waals surface area contributed by atoms with Gasteiger partial charge in [0, 0.05) is 22.6 Å². The molecule has 0 unspecified atom stereocenters. The first-order chi connectivity index (χ1) is 14.0. The first kappa shape index (κ1) is 20.6. The van der Waals surface area contributed by atoms with E-state index in [1.54, 1.807) is 53.9 Å². The van der Waals surface area contributed by atoms with Gasteiger partial charge >= 0.3 is 6.09 Å². The maximum absolute atomic E-state index is 12.3. The Morgan fingerprint density at radius 1 is 1.10 bits per heavy atom. The standard InChI is InChI=1S/C20H18ClN3O4S/c1-27-20(26)23-15-6-2-13(3-7-15)10-22-19(25)17-12-29-18(24-17)11-28-16-8-4-14(21)5-9-16/h2-9,12H,10-11H2,1H3,(H,22,25)(H,23,26). The second-order valence-electron chi connectivity index (χ2n) is 5.87. The number of methoxy groups -OCH3 is 1. The maximum Gasteiger partial charge on any atom is 0.411 e. The highest BCUT2D eigenvalue weighted by molar-refractivity contribution is 7.09. The van der Waals surface area contributed by atoms with Crippen molar-refractivity contribution in [3.8, 4) is 5.75 Å². The van der Waals surface area contributed by atoms with Crippen LogP contribution >= 0.6 is 22.9 Å². The molecule has 0 radical (unpaired) electrons. The third-order valence-electron chi connectivity index (χ3n) is 3.80. The summed E-state index contributed by atoms with van der Waals surface area (Å²) in [6, 6.07) is 14.1. The number of nitrogens with one attached hydrogen (secondary N) is 2.